The van der Waals surface area contributed by atoms with Crippen LogP contribution in [0.25, 0.3) is 0 Å². The zero-order valence-corrected chi connectivity index (χ0v) is 8.95. The molecule has 0 aromatic carbocycles. The van der Waals surface area contributed by atoms with Crippen LogP contribution in [0, 0.1) is 6.92 Å². The molecule has 0 fully saturated rings. The molecule has 0 aliphatic carbocycles. The second-order valence-corrected chi connectivity index (χ2v) is 3.64. The normalized spacial score (nSPS) is 12.1. The van der Waals surface area contributed by atoms with Crippen molar-refractivity contribution in [2.75, 3.05) is 11.1 Å². The zero-order chi connectivity index (χ0) is 11.4. The maximum Gasteiger partial charge on any atom is 0.219 e. The van der Waals surface area contributed by atoms with Crippen molar-refractivity contribution in [2.45, 2.75) is 26.3 Å². The smallest absolute Gasteiger partial charge is 0.219 e. The van der Waals surface area contributed by atoms with Crippen LogP contribution in [0.4, 0.5) is 11.5 Å². The molecule has 0 bridgehead atoms. The fourth-order valence-corrected chi connectivity index (χ4v) is 1.22. The van der Waals surface area contributed by atoms with E-state index in [1.165, 1.54) is 0 Å². The van der Waals surface area contributed by atoms with Crippen molar-refractivity contribution in [3.05, 3.63) is 17.8 Å². The van der Waals surface area contributed by atoms with Crippen LogP contribution in [0.1, 0.15) is 18.9 Å². The van der Waals surface area contributed by atoms with Gasteiger partial charge in [0.2, 0.25) is 5.91 Å². The Kier molecular flexibility index (Phi) is 3.49. The Labute approximate surface area is 88.9 Å². The molecule has 0 saturated carbocycles. The van der Waals surface area contributed by atoms with Crippen molar-refractivity contribution in [3.8, 4) is 0 Å². The minimum atomic E-state index is -0.338. The molecule has 1 aromatic heterocycles. The van der Waals surface area contributed by atoms with E-state index < -0.39 is 0 Å². The number of hydrogen-bond donors (Lipinski definition) is 3. The third-order valence-electron chi connectivity index (χ3n) is 2.05. The highest BCUT2D eigenvalue weighted by Gasteiger charge is 2.06. The fraction of sp³-hybridized carbons (Fsp3) is 0.400. The Hall–Kier alpha value is -1.78. The maximum absolute atomic E-state index is 10.7. The molecular weight excluding hydrogens is 192 g/mol. The third-order valence-corrected chi connectivity index (χ3v) is 2.05. The lowest BCUT2D eigenvalue weighted by atomic mass is 10.2. The largest absolute Gasteiger partial charge is 0.398 e. The summed E-state index contributed by atoms with van der Waals surface area (Å²) in [6.07, 6.45) is 1.96. The van der Waals surface area contributed by atoms with Gasteiger partial charge in [0.25, 0.3) is 0 Å². The van der Waals surface area contributed by atoms with Crippen molar-refractivity contribution < 1.29 is 4.79 Å². The number of nitrogens with one attached hydrogen (secondary N) is 1. The molecule has 0 aliphatic heterocycles. The lowest BCUT2D eigenvalue weighted by Gasteiger charge is -2.13. The van der Waals surface area contributed by atoms with E-state index in [9.17, 15) is 4.79 Å². The van der Waals surface area contributed by atoms with Crippen LogP contribution in [-0.2, 0) is 4.79 Å². The molecule has 1 atom stereocenters. The van der Waals surface area contributed by atoms with Crippen LogP contribution >= 0.6 is 0 Å². The lowest BCUT2D eigenvalue weighted by Crippen LogP contribution is -2.24. The summed E-state index contributed by atoms with van der Waals surface area (Å²) in [6, 6.07) is 1.70. The summed E-state index contributed by atoms with van der Waals surface area (Å²) < 4.78 is 0. The second-order valence-electron chi connectivity index (χ2n) is 3.64. The first-order chi connectivity index (χ1) is 6.99. The first-order valence-corrected chi connectivity index (χ1v) is 4.76. The molecule has 82 valence electrons. The SMILES string of the molecule is Cc1cnc(NC(C)CC(N)=O)cc1N. The molecule has 0 spiro atoms. The number of hydrogen-bond acceptors (Lipinski definition) is 4. The van der Waals surface area contributed by atoms with E-state index >= 15 is 0 Å². The van der Waals surface area contributed by atoms with Crippen molar-refractivity contribution >= 4 is 17.4 Å². The molecule has 0 aliphatic rings. The number of anilines is 2. The molecule has 5 N–H and O–H groups in total. The topological polar surface area (TPSA) is 94.0 Å². The molecular formula is C10H16N4O. The summed E-state index contributed by atoms with van der Waals surface area (Å²) in [4.78, 5) is 14.8. The first-order valence-electron chi connectivity index (χ1n) is 4.76. The quantitative estimate of drug-likeness (QED) is 0.677. The number of aryl methyl sites for hydroxylation is 1. The molecule has 1 amide bonds. The number of amides is 1. The lowest BCUT2D eigenvalue weighted by molar-refractivity contribution is -0.118. The zero-order valence-electron chi connectivity index (χ0n) is 8.95. The number of nitrogen functional groups attached to an aromatic ring is 1. The van der Waals surface area contributed by atoms with Gasteiger partial charge in [0.15, 0.2) is 0 Å². The molecule has 5 nitrogen and oxygen atoms in total. The van der Waals surface area contributed by atoms with Gasteiger partial charge in [-0.1, -0.05) is 0 Å². The van der Waals surface area contributed by atoms with E-state index in [0.29, 0.717) is 11.5 Å². The molecule has 1 aromatic rings. The van der Waals surface area contributed by atoms with Gasteiger partial charge in [-0.3, -0.25) is 4.79 Å². The Morgan fingerprint density at radius 3 is 2.87 bits per heavy atom. The molecule has 0 saturated heterocycles. The number of rotatable bonds is 4. The maximum atomic E-state index is 10.7. The summed E-state index contributed by atoms with van der Waals surface area (Å²) in [7, 11) is 0. The summed E-state index contributed by atoms with van der Waals surface area (Å²) in [6.45, 7) is 3.75. The number of carbonyl (C=O) groups is 1. The van der Waals surface area contributed by atoms with Gasteiger partial charge in [-0.15, -0.1) is 0 Å². The van der Waals surface area contributed by atoms with E-state index in [-0.39, 0.29) is 18.4 Å². The average Bonchev–Trinajstić information content (AvgIpc) is 2.10. The van der Waals surface area contributed by atoms with E-state index in [0.717, 1.165) is 5.56 Å². The van der Waals surface area contributed by atoms with Gasteiger partial charge in [0.05, 0.1) is 0 Å². The van der Waals surface area contributed by atoms with E-state index in [1.54, 1.807) is 12.3 Å². The summed E-state index contributed by atoms with van der Waals surface area (Å²) >= 11 is 0. The number of carbonyl (C=O) groups excluding carboxylic acids is 1. The highest BCUT2D eigenvalue weighted by molar-refractivity contribution is 5.74. The van der Waals surface area contributed by atoms with Gasteiger partial charge in [-0.25, -0.2) is 4.98 Å². The van der Waals surface area contributed by atoms with Crippen LogP contribution in [0.15, 0.2) is 12.3 Å². The summed E-state index contributed by atoms with van der Waals surface area (Å²) in [5.41, 5.74) is 12.4. The second kappa shape index (κ2) is 4.63. The van der Waals surface area contributed by atoms with Crippen LogP contribution in [0.2, 0.25) is 0 Å². The van der Waals surface area contributed by atoms with Gasteiger partial charge < -0.3 is 16.8 Å². The molecule has 0 radical (unpaired) electrons. The first kappa shape index (κ1) is 11.3. The molecule has 15 heavy (non-hydrogen) atoms. The molecule has 5 heteroatoms. The highest BCUT2D eigenvalue weighted by Crippen LogP contribution is 2.14. The average molecular weight is 208 g/mol. The van der Waals surface area contributed by atoms with E-state index in [1.807, 2.05) is 13.8 Å². The van der Waals surface area contributed by atoms with Crippen LogP contribution in [0.3, 0.4) is 0 Å². The monoisotopic (exact) mass is 208 g/mol. The van der Waals surface area contributed by atoms with Crippen molar-refractivity contribution in [1.29, 1.82) is 0 Å². The third kappa shape index (κ3) is 3.46. The van der Waals surface area contributed by atoms with E-state index in [2.05, 4.69) is 10.3 Å². The van der Waals surface area contributed by atoms with Gasteiger partial charge in [0, 0.05) is 30.4 Å². The molecule has 1 rings (SSSR count). The van der Waals surface area contributed by atoms with E-state index in [4.69, 9.17) is 11.5 Å². The van der Waals surface area contributed by atoms with Gasteiger partial charge >= 0.3 is 0 Å². The predicted molar refractivity (Wildman–Crippen MR) is 60.3 cm³/mol. The standard InChI is InChI=1S/C10H16N4O/c1-6-5-13-10(4-8(6)11)14-7(2)3-9(12)15/h4-5,7H,3H2,1-2H3,(H2,12,15)(H3,11,13,14). The Bertz CT molecular complexity index is 364. The van der Waals surface area contributed by atoms with Crippen molar-refractivity contribution in [2.24, 2.45) is 5.73 Å². The summed E-state index contributed by atoms with van der Waals surface area (Å²) in [5.74, 6) is 0.321. The minimum Gasteiger partial charge on any atom is -0.398 e. The van der Waals surface area contributed by atoms with Crippen molar-refractivity contribution in [3.63, 3.8) is 0 Å². The van der Waals surface area contributed by atoms with Gasteiger partial charge in [-0.05, 0) is 19.4 Å². The number of nitrogens with zero attached hydrogens (tertiary/aromatic N) is 1. The highest BCUT2D eigenvalue weighted by atomic mass is 16.1. The number of primary amides is 1. The van der Waals surface area contributed by atoms with Crippen molar-refractivity contribution in [1.82, 2.24) is 4.98 Å². The number of nitrogens with two attached hydrogens (primary N) is 2. The Morgan fingerprint density at radius 1 is 1.67 bits per heavy atom. The molecule has 1 unspecified atom stereocenters. The fourth-order valence-electron chi connectivity index (χ4n) is 1.22. The van der Waals surface area contributed by atoms with Crippen LogP contribution in [0.5, 0.6) is 0 Å². The Morgan fingerprint density at radius 2 is 2.33 bits per heavy atom. The minimum absolute atomic E-state index is 0.0443. The number of pyridine rings is 1. The number of aromatic nitrogens is 1. The van der Waals surface area contributed by atoms with Gasteiger partial charge in [-0.2, -0.15) is 0 Å². The van der Waals surface area contributed by atoms with Crippen LogP contribution < -0.4 is 16.8 Å². The van der Waals surface area contributed by atoms with Gasteiger partial charge in [0.1, 0.15) is 5.82 Å². The Balaban J connectivity index is 2.64. The summed E-state index contributed by atoms with van der Waals surface area (Å²) in [5, 5.41) is 3.05. The molecule has 1 heterocycles. The van der Waals surface area contributed by atoms with Crippen LogP contribution in [-0.4, -0.2) is 16.9 Å². The predicted octanol–water partition coefficient (Wildman–Crippen LogP) is 0.648.